The quantitative estimate of drug-likeness (QED) is 0.905. The van der Waals surface area contributed by atoms with Crippen molar-refractivity contribution in [2.45, 2.75) is 71.4 Å². The van der Waals surface area contributed by atoms with E-state index in [4.69, 9.17) is 13.8 Å². The number of carbonyl (C=O) groups excluding carboxylic acids is 1. The van der Waals surface area contributed by atoms with Gasteiger partial charge in [-0.1, -0.05) is 10.3 Å². The zero-order valence-corrected chi connectivity index (χ0v) is 15.3. The normalized spacial score (nSPS) is 16.4. The van der Waals surface area contributed by atoms with Crippen LogP contribution in [0.25, 0.3) is 0 Å². The predicted octanol–water partition coefficient (Wildman–Crippen LogP) is 3.17. The highest BCUT2D eigenvalue weighted by atomic mass is 16.6. The molecular weight excluding hydrogens is 324 g/mol. The number of hydrogen-bond donors (Lipinski definition) is 1. The molecule has 2 aromatic rings. The molecule has 0 aliphatic heterocycles. The second-order valence-electron chi connectivity index (χ2n) is 7.55. The fraction of sp³-hybridized carbons (Fsp3) is 0.647. The van der Waals surface area contributed by atoms with Crippen LogP contribution in [0.4, 0.5) is 4.79 Å². The molecular formula is C17H24N4O4. The molecule has 1 aliphatic carbocycles. The fourth-order valence-electron chi connectivity index (χ4n) is 2.86. The average Bonchev–Trinajstić information content (AvgIpc) is 3.03. The number of aromatic nitrogens is 3. The van der Waals surface area contributed by atoms with Crippen LogP contribution in [0.2, 0.25) is 0 Å². The Morgan fingerprint density at radius 3 is 2.48 bits per heavy atom. The maximum Gasteiger partial charge on any atom is 0.408 e. The first kappa shape index (κ1) is 17.4. The van der Waals surface area contributed by atoms with Crippen LogP contribution < -0.4 is 5.32 Å². The Balaban J connectivity index is 1.74. The number of nitrogens with zero attached hydrogens (tertiary/aromatic N) is 3. The molecule has 25 heavy (non-hydrogen) atoms. The maximum atomic E-state index is 12.2. The molecule has 2 heterocycles. The largest absolute Gasteiger partial charge is 0.444 e. The van der Waals surface area contributed by atoms with E-state index < -0.39 is 17.2 Å². The van der Waals surface area contributed by atoms with Crippen LogP contribution in [0.5, 0.6) is 0 Å². The molecule has 1 aliphatic rings. The van der Waals surface area contributed by atoms with Gasteiger partial charge in [0, 0.05) is 5.56 Å². The third kappa shape index (κ3) is 3.67. The zero-order valence-electron chi connectivity index (χ0n) is 15.3. The Kier molecular flexibility index (Phi) is 4.30. The highest BCUT2D eigenvalue weighted by molar-refractivity contribution is 5.69. The van der Waals surface area contributed by atoms with Gasteiger partial charge in [0.05, 0.1) is 12.1 Å². The summed E-state index contributed by atoms with van der Waals surface area (Å²) in [6.07, 6.45) is 2.50. The van der Waals surface area contributed by atoms with Gasteiger partial charge >= 0.3 is 6.09 Å². The number of nitrogens with one attached hydrogen (secondary N) is 1. The van der Waals surface area contributed by atoms with E-state index in [0.29, 0.717) is 18.1 Å². The lowest BCUT2D eigenvalue weighted by molar-refractivity contribution is 0.0362. The Bertz CT molecular complexity index is 748. The zero-order chi connectivity index (χ0) is 18.2. The third-order valence-electron chi connectivity index (χ3n) is 4.35. The molecule has 2 aromatic heterocycles. The highest BCUT2D eigenvalue weighted by Crippen LogP contribution is 2.40. The first-order valence-corrected chi connectivity index (χ1v) is 8.44. The molecule has 0 saturated heterocycles. The third-order valence-corrected chi connectivity index (χ3v) is 4.35. The molecule has 3 rings (SSSR count). The fourth-order valence-corrected chi connectivity index (χ4v) is 2.86. The van der Waals surface area contributed by atoms with Crippen molar-refractivity contribution in [2.75, 3.05) is 0 Å². The summed E-state index contributed by atoms with van der Waals surface area (Å²) in [6.45, 7) is 9.22. The van der Waals surface area contributed by atoms with Gasteiger partial charge in [-0.3, -0.25) is 0 Å². The van der Waals surface area contributed by atoms with E-state index in [0.717, 1.165) is 36.3 Å². The number of alkyl carbamates (subject to hydrolysis) is 1. The molecule has 0 bridgehead atoms. The van der Waals surface area contributed by atoms with E-state index in [9.17, 15) is 4.79 Å². The van der Waals surface area contributed by atoms with E-state index in [-0.39, 0.29) is 0 Å². The standard InChI is InChI=1S/C17H24N4O4/c1-10-12(11(2)24-20-10)9-13-18-14(21-25-13)17(7-6-8-17)19-15(22)23-16(3,4)5/h6-9H2,1-5H3,(H,19,22). The number of rotatable bonds is 4. The Hall–Kier alpha value is -2.38. The summed E-state index contributed by atoms with van der Waals surface area (Å²) in [6, 6.07) is 0. The van der Waals surface area contributed by atoms with Crippen LogP contribution in [0.15, 0.2) is 9.05 Å². The van der Waals surface area contributed by atoms with Gasteiger partial charge in [0.1, 0.15) is 16.9 Å². The Morgan fingerprint density at radius 1 is 1.24 bits per heavy atom. The van der Waals surface area contributed by atoms with Crippen LogP contribution in [-0.4, -0.2) is 27.0 Å². The van der Waals surface area contributed by atoms with Gasteiger partial charge in [-0.2, -0.15) is 4.98 Å². The van der Waals surface area contributed by atoms with Crippen molar-refractivity contribution in [2.24, 2.45) is 0 Å². The molecule has 0 atom stereocenters. The molecule has 1 N–H and O–H groups in total. The molecule has 1 saturated carbocycles. The summed E-state index contributed by atoms with van der Waals surface area (Å²) < 4.78 is 15.9. The Morgan fingerprint density at radius 2 is 1.96 bits per heavy atom. The molecule has 1 fully saturated rings. The van der Waals surface area contributed by atoms with E-state index in [1.165, 1.54) is 0 Å². The lowest BCUT2D eigenvalue weighted by Crippen LogP contribution is -2.52. The molecule has 0 unspecified atom stereocenters. The van der Waals surface area contributed by atoms with Crippen molar-refractivity contribution in [1.29, 1.82) is 0 Å². The summed E-state index contributed by atoms with van der Waals surface area (Å²) in [5.74, 6) is 1.70. The van der Waals surface area contributed by atoms with Gasteiger partial charge in [-0.05, 0) is 53.9 Å². The SMILES string of the molecule is Cc1noc(C)c1Cc1nc(C2(NC(=O)OC(C)(C)C)CCC2)no1. The van der Waals surface area contributed by atoms with Gasteiger partial charge in [0.25, 0.3) is 0 Å². The van der Waals surface area contributed by atoms with Crippen molar-refractivity contribution in [1.82, 2.24) is 20.6 Å². The lowest BCUT2D eigenvalue weighted by atomic mass is 9.76. The van der Waals surface area contributed by atoms with Gasteiger partial charge in [-0.15, -0.1) is 0 Å². The van der Waals surface area contributed by atoms with Crippen molar-refractivity contribution in [3.05, 3.63) is 28.7 Å². The minimum Gasteiger partial charge on any atom is -0.444 e. The van der Waals surface area contributed by atoms with E-state index in [2.05, 4.69) is 20.6 Å². The monoisotopic (exact) mass is 348 g/mol. The van der Waals surface area contributed by atoms with E-state index in [1.54, 1.807) is 0 Å². The maximum absolute atomic E-state index is 12.2. The molecule has 136 valence electrons. The second kappa shape index (κ2) is 6.16. The number of aryl methyl sites for hydroxylation is 2. The van der Waals surface area contributed by atoms with Crippen LogP contribution in [0, 0.1) is 13.8 Å². The van der Waals surface area contributed by atoms with Crippen molar-refractivity contribution in [3.8, 4) is 0 Å². The predicted molar refractivity (Wildman–Crippen MR) is 88.0 cm³/mol. The number of ether oxygens (including phenoxy) is 1. The smallest absolute Gasteiger partial charge is 0.408 e. The van der Waals surface area contributed by atoms with Crippen LogP contribution in [0.1, 0.15) is 68.8 Å². The van der Waals surface area contributed by atoms with Gasteiger partial charge < -0.3 is 19.1 Å². The van der Waals surface area contributed by atoms with Crippen LogP contribution in [0.3, 0.4) is 0 Å². The first-order valence-electron chi connectivity index (χ1n) is 8.44. The molecule has 0 aromatic carbocycles. The van der Waals surface area contributed by atoms with Gasteiger partial charge in [-0.25, -0.2) is 4.79 Å². The topological polar surface area (TPSA) is 103 Å². The first-order chi connectivity index (χ1) is 11.7. The van der Waals surface area contributed by atoms with Crippen molar-refractivity contribution >= 4 is 6.09 Å². The lowest BCUT2D eigenvalue weighted by Gasteiger charge is -2.39. The summed E-state index contributed by atoms with van der Waals surface area (Å²) in [7, 11) is 0. The minimum absolute atomic E-state index is 0.455. The molecule has 0 radical (unpaired) electrons. The molecule has 0 spiro atoms. The van der Waals surface area contributed by atoms with E-state index in [1.807, 2.05) is 34.6 Å². The van der Waals surface area contributed by atoms with Crippen LogP contribution in [-0.2, 0) is 16.7 Å². The van der Waals surface area contributed by atoms with Gasteiger partial charge in [0.2, 0.25) is 5.89 Å². The Labute approximate surface area is 146 Å². The van der Waals surface area contributed by atoms with Crippen molar-refractivity contribution in [3.63, 3.8) is 0 Å². The summed E-state index contributed by atoms with van der Waals surface area (Å²) in [5, 5.41) is 10.9. The number of hydrogen-bond acceptors (Lipinski definition) is 7. The van der Waals surface area contributed by atoms with Crippen molar-refractivity contribution < 1.29 is 18.6 Å². The average molecular weight is 348 g/mol. The van der Waals surface area contributed by atoms with E-state index >= 15 is 0 Å². The number of carbonyl (C=O) groups is 1. The minimum atomic E-state index is -0.608. The highest BCUT2D eigenvalue weighted by Gasteiger charge is 2.45. The summed E-state index contributed by atoms with van der Waals surface area (Å²) in [4.78, 5) is 16.6. The van der Waals surface area contributed by atoms with Crippen LogP contribution >= 0.6 is 0 Å². The molecule has 1 amide bonds. The molecule has 8 nitrogen and oxygen atoms in total. The second-order valence-corrected chi connectivity index (χ2v) is 7.55. The summed E-state index contributed by atoms with van der Waals surface area (Å²) >= 11 is 0. The number of amides is 1. The van der Waals surface area contributed by atoms with Gasteiger partial charge in [0.15, 0.2) is 5.82 Å². The molecule has 8 heteroatoms. The summed E-state index contributed by atoms with van der Waals surface area (Å²) in [5.41, 5.74) is 0.587.